The second-order valence-electron chi connectivity index (χ2n) is 7.47. The molecular formula is C22H27NO5. The molecule has 0 saturated heterocycles. The molecule has 2 aromatic rings. The Hall–Kier alpha value is -2.89. The third-order valence-corrected chi connectivity index (χ3v) is 4.71. The summed E-state index contributed by atoms with van der Waals surface area (Å²) >= 11 is 0. The molecule has 28 heavy (non-hydrogen) atoms. The molecule has 1 aliphatic rings. The lowest BCUT2D eigenvalue weighted by Gasteiger charge is -2.38. The Balaban J connectivity index is 1.75. The number of rotatable bonds is 6. The van der Waals surface area contributed by atoms with Crippen LogP contribution in [0.1, 0.15) is 38.8 Å². The zero-order valence-electron chi connectivity index (χ0n) is 16.9. The van der Waals surface area contributed by atoms with Gasteiger partial charge < -0.3 is 24.3 Å². The minimum atomic E-state index is -0.660. The molecule has 6 heteroatoms. The highest BCUT2D eigenvalue weighted by molar-refractivity contribution is 5.81. The van der Waals surface area contributed by atoms with Crippen molar-refractivity contribution in [2.45, 2.75) is 44.9 Å². The van der Waals surface area contributed by atoms with Crippen LogP contribution >= 0.6 is 0 Å². The van der Waals surface area contributed by atoms with Gasteiger partial charge >= 0.3 is 0 Å². The summed E-state index contributed by atoms with van der Waals surface area (Å²) in [5.74, 6) is 2.54. The molecule has 0 spiro atoms. The molecule has 0 fully saturated rings. The van der Waals surface area contributed by atoms with E-state index in [4.69, 9.17) is 18.9 Å². The minimum absolute atomic E-state index is 0.195. The van der Waals surface area contributed by atoms with E-state index in [1.807, 2.05) is 44.2 Å². The average molecular weight is 385 g/mol. The van der Waals surface area contributed by atoms with Crippen LogP contribution < -0.4 is 24.3 Å². The molecule has 1 aliphatic heterocycles. The van der Waals surface area contributed by atoms with Crippen LogP contribution in [-0.2, 0) is 4.79 Å². The number of carbonyl (C=O) groups is 1. The predicted molar refractivity (Wildman–Crippen MR) is 106 cm³/mol. The highest BCUT2D eigenvalue weighted by Gasteiger charge is 2.35. The van der Waals surface area contributed by atoms with Gasteiger partial charge in [0.2, 0.25) is 0 Å². The van der Waals surface area contributed by atoms with Gasteiger partial charge in [0.05, 0.1) is 20.3 Å². The third-order valence-electron chi connectivity index (χ3n) is 4.71. The smallest absolute Gasteiger partial charge is 0.261 e. The van der Waals surface area contributed by atoms with Gasteiger partial charge in [-0.3, -0.25) is 4.79 Å². The Bertz CT molecular complexity index is 849. The number of ether oxygens (including phenoxy) is 4. The molecule has 0 saturated carbocycles. The van der Waals surface area contributed by atoms with Crippen molar-refractivity contribution < 1.29 is 23.7 Å². The average Bonchev–Trinajstić information content (AvgIpc) is 2.67. The van der Waals surface area contributed by atoms with E-state index in [2.05, 4.69) is 5.32 Å². The molecule has 3 rings (SSSR count). The molecule has 2 aromatic carbocycles. The van der Waals surface area contributed by atoms with E-state index < -0.39 is 11.7 Å². The van der Waals surface area contributed by atoms with Crippen molar-refractivity contribution in [3.05, 3.63) is 48.0 Å². The minimum Gasteiger partial charge on any atom is -0.497 e. The summed E-state index contributed by atoms with van der Waals surface area (Å²) < 4.78 is 22.4. The molecule has 0 bridgehead atoms. The van der Waals surface area contributed by atoms with Gasteiger partial charge in [-0.15, -0.1) is 0 Å². The highest BCUT2D eigenvalue weighted by Crippen LogP contribution is 2.41. The maximum absolute atomic E-state index is 12.8. The van der Waals surface area contributed by atoms with Crippen LogP contribution in [0.3, 0.4) is 0 Å². The summed E-state index contributed by atoms with van der Waals surface area (Å²) in [6, 6.07) is 12.6. The molecule has 2 unspecified atom stereocenters. The van der Waals surface area contributed by atoms with Crippen LogP contribution in [0, 0.1) is 0 Å². The van der Waals surface area contributed by atoms with Gasteiger partial charge in [0.1, 0.15) is 28.6 Å². The molecule has 0 aliphatic carbocycles. The highest BCUT2D eigenvalue weighted by atomic mass is 16.5. The molecule has 150 valence electrons. The zero-order valence-corrected chi connectivity index (χ0v) is 16.9. The van der Waals surface area contributed by atoms with Crippen LogP contribution in [0.15, 0.2) is 42.5 Å². The second-order valence-corrected chi connectivity index (χ2v) is 7.47. The molecule has 0 radical (unpaired) electrons. The number of methoxy groups -OCH3 is 2. The van der Waals surface area contributed by atoms with E-state index in [0.717, 1.165) is 17.1 Å². The van der Waals surface area contributed by atoms with E-state index in [1.165, 1.54) is 0 Å². The van der Waals surface area contributed by atoms with E-state index in [9.17, 15) is 4.79 Å². The van der Waals surface area contributed by atoms with Crippen LogP contribution in [0.5, 0.6) is 23.0 Å². The van der Waals surface area contributed by atoms with E-state index in [-0.39, 0.29) is 11.9 Å². The molecule has 0 aromatic heterocycles. The fourth-order valence-electron chi connectivity index (χ4n) is 3.31. The first-order valence-corrected chi connectivity index (χ1v) is 9.29. The van der Waals surface area contributed by atoms with Gasteiger partial charge in [-0.25, -0.2) is 0 Å². The van der Waals surface area contributed by atoms with Crippen molar-refractivity contribution in [2.75, 3.05) is 14.2 Å². The predicted octanol–water partition coefficient (Wildman–Crippen LogP) is 3.89. The Morgan fingerprint density at radius 2 is 1.79 bits per heavy atom. The van der Waals surface area contributed by atoms with Crippen LogP contribution in [-0.4, -0.2) is 31.8 Å². The normalized spacial score (nSPS) is 18.2. The standard InChI is InChI=1S/C22H27NO5/c1-14(27-17-8-6-7-15(11-17)25-4)21(24)23-19-13-22(2,3)28-20-10-9-16(26-5)12-18(19)20/h6-12,14,19H,13H2,1-5H3,(H,23,24). The summed E-state index contributed by atoms with van der Waals surface area (Å²) in [6.45, 7) is 5.75. The summed E-state index contributed by atoms with van der Waals surface area (Å²) in [6.07, 6.45) is -0.0164. The van der Waals surface area contributed by atoms with Crippen molar-refractivity contribution >= 4 is 5.91 Å². The topological polar surface area (TPSA) is 66.0 Å². The van der Waals surface area contributed by atoms with Gasteiger partial charge in [0, 0.05) is 18.1 Å². The maximum atomic E-state index is 12.8. The number of carbonyl (C=O) groups excluding carboxylic acids is 1. The van der Waals surface area contributed by atoms with E-state index >= 15 is 0 Å². The number of fused-ring (bicyclic) bond motifs is 1. The number of nitrogens with one attached hydrogen (secondary N) is 1. The number of hydrogen-bond donors (Lipinski definition) is 1. The molecular weight excluding hydrogens is 358 g/mol. The first-order chi connectivity index (χ1) is 13.3. The SMILES string of the molecule is COc1cccc(OC(C)C(=O)NC2CC(C)(C)Oc3ccc(OC)cc32)c1. The Labute approximate surface area is 165 Å². The quantitative estimate of drug-likeness (QED) is 0.817. The van der Waals surface area contributed by atoms with E-state index in [0.29, 0.717) is 17.9 Å². The van der Waals surface area contributed by atoms with Gasteiger partial charge in [-0.2, -0.15) is 0 Å². The Kier molecular flexibility index (Phi) is 5.68. The van der Waals surface area contributed by atoms with Gasteiger partial charge in [0.15, 0.2) is 6.10 Å². The van der Waals surface area contributed by atoms with Gasteiger partial charge in [0.25, 0.3) is 5.91 Å². The first kappa shape index (κ1) is 19.9. The lowest BCUT2D eigenvalue weighted by molar-refractivity contribution is -0.128. The van der Waals surface area contributed by atoms with Crippen molar-refractivity contribution in [1.82, 2.24) is 5.32 Å². The lowest BCUT2D eigenvalue weighted by atomic mass is 9.89. The number of amides is 1. The number of hydrogen-bond acceptors (Lipinski definition) is 5. The molecule has 6 nitrogen and oxygen atoms in total. The van der Waals surface area contributed by atoms with Gasteiger partial charge in [-0.05, 0) is 51.1 Å². The summed E-state index contributed by atoms with van der Waals surface area (Å²) in [7, 11) is 3.21. The summed E-state index contributed by atoms with van der Waals surface area (Å²) in [5.41, 5.74) is 0.511. The second kappa shape index (κ2) is 8.00. The van der Waals surface area contributed by atoms with Crippen LogP contribution in [0.2, 0.25) is 0 Å². The molecule has 1 heterocycles. The van der Waals surface area contributed by atoms with Crippen molar-refractivity contribution in [3.63, 3.8) is 0 Å². The fourth-order valence-corrected chi connectivity index (χ4v) is 3.31. The van der Waals surface area contributed by atoms with Crippen molar-refractivity contribution in [1.29, 1.82) is 0 Å². The maximum Gasteiger partial charge on any atom is 0.261 e. The molecule has 1 amide bonds. The van der Waals surface area contributed by atoms with E-state index in [1.54, 1.807) is 33.3 Å². The fraction of sp³-hybridized carbons (Fsp3) is 0.409. The van der Waals surface area contributed by atoms with Gasteiger partial charge in [-0.1, -0.05) is 6.07 Å². The summed E-state index contributed by atoms with van der Waals surface area (Å²) in [4.78, 5) is 12.8. The summed E-state index contributed by atoms with van der Waals surface area (Å²) in [5, 5.41) is 3.10. The first-order valence-electron chi connectivity index (χ1n) is 9.29. The van der Waals surface area contributed by atoms with Crippen LogP contribution in [0.25, 0.3) is 0 Å². The monoisotopic (exact) mass is 385 g/mol. The Morgan fingerprint density at radius 3 is 2.50 bits per heavy atom. The molecule has 2 atom stereocenters. The zero-order chi connectivity index (χ0) is 20.3. The Morgan fingerprint density at radius 1 is 1.11 bits per heavy atom. The van der Waals surface area contributed by atoms with Crippen molar-refractivity contribution in [2.24, 2.45) is 0 Å². The third kappa shape index (κ3) is 4.50. The number of benzene rings is 2. The lowest BCUT2D eigenvalue weighted by Crippen LogP contribution is -2.44. The van der Waals surface area contributed by atoms with Crippen LogP contribution in [0.4, 0.5) is 0 Å². The van der Waals surface area contributed by atoms with Crippen molar-refractivity contribution in [3.8, 4) is 23.0 Å². The molecule has 1 N–H and O–H groups in total. The largest absolute Gasteiger partial charge is 0.497 e.